The smallest absolute Gasteiger partial charge is 0.303 e. The molecule has 3 fully saturated rings. The summed E-state index contributed by atoms with van der Waals surface area (Å²) in [6.45, 7) is 2.04. The minimum absolute atomic E-state index is 0.00680. The van der Waals surface area contributed by atoms with Crippen LogP contribution in [0.25, 0.3) is 0 Å². The molecule has 2 aromatic rings. The molecule has 4 aliphatic rings. The van der Waals surface area contributed by atoms with Crippen molar-refractivity contribution in [1.29, 1.82) is 0 Å². The van der Waals surface area contributed by atoms with E-state index in [1.54, 1.807) is 30.3 Å². The highest BCUT2D eigenvalue weighted by Gasteiger charge is 2.67. The van der Waals surface area contributed by atoms with E-state index < -0.39 is 41.0 Å². The number of carboxylic acid groups (broad SMARTS) is 1. The maximum absolute atomic E-state index is 14.4. The monoisotopic (exact) mass is 600 g/mol. The molecule has 1 saturated carbocycles. The molecule has 44 heavy (non-hydrogen) atoms. The SMILES string of the molecule is COc1cc(O)ccc1[C@H]1C2=CC[C@@H]3C(=O)N(CCCCCC(=O)O)C(=O)[C@@H]3[C@@H]2C[C@H]2C(=O)N(c3ccccc3)C(=O)[C@@]12C. The molecule has 10 heteroatoms. The Bertz CT molecular complexity index is 1570. The molecule has 0 unspecified atom stereocenters. The number of aliphatic carboxylic acids is 1. The maximum atomic E-state index is 14.4. The first-order valence-electron chi connectivity index (χ1n) is 15.2. The van der Waals surface area contributed by atoms with E-state index in [0.717, 1.165) is 5.57 Å². The molecule has 10 nitrogen and oxygen atoms in total. The van der Waals surface area contributed by atoms with Crippen LogP contribution < -0.4 is 9.64 Å². The lowest BCUT2D eigenvalue weighted by atomic mass is 9.51. The summed E-state index contributed by atoms with van der Waals surface area (Å²) in [7, 11) is 1.48. The van der Waals surface area contributed by atoms with Gasteiger partial charge in [0.05, 0.1) is 36.0 Å². The minimum atomic E-state index is -1.21. The molecule has 0 bridgehead atoms. The van der Waals surface area contributed by atoms with Gasteiger partial charge >= 0.3 is 5.97 Å². The Morgan fingerprint density at radius 1 is 0.977 bits per heavy atom. The second-order valence-electron chi connectivity index (χ2n) is 12.5. The van der Waals surface area contributed by atoms with Crippen molar-refractivity contribution in [2.45, 2.75) is 51.4 Å². The number of rotatable bonds is 9. The van der Waals surface area contributed by atoms with Gasteiger partial charge in [0.1, 0.15) is 11.5 Å². The normalized spacial score (nSPS) is 29.3. The average molecular weight is 601 g/mol. The Kier molecular flexibility index (Phi) is 7.55. The van der Waals surface area contributed by atoms with Crippen LogP contribution in [0.15, 0.2) is 60.2 Å². The van der Waals surface area contributed by atoms with E-state index in [0.29, 0.717) is 42.7 Å². The highest BCUT2D eigenvalue weighted by molar-refractivity contribution is 6.24. The molecule has 0 spiro atoms. The van der Waals surface area contributed by atoms with Crippen molar-refractivity contribution in [2.24, 2.45) is 29.1 Å². The number of phenolic OH excluding ortho intramolecular Hbond substituents is 1. The summed E-state index contributed by atoms with van der Waals surface area (Å²) < 4.78 is 5.68. The molecule has 2 aromatic carbocycles. The number of fused-ring (bicyclic) bond motifs is 4. The van der Waals surface area contributed by atoms with Gasteiger partial charge in [-0.2, -0.15) is 0 Å². The van der Waals surface area contributed by atoms with Crippen LogP contribution in [-0.4, -0.2) is 58.4 Å². The van der Waals surface area contributed by atoms with Gasteiger partial charge in [-0.05, 0) is 56.7 Å². The predicted octanol–water partition coefficient (Wildman–Crippen LogP) is 4.28. The van der Waals surface area contributed by atoms with Crippen molar-refractivity contribution in [2.75, 3.05) is 18.6 Å². The third kappa shape index (κ3) is 4.50. The van der Waals surface area contributed by atoms with Crippen LogP contribution in [0.3, 0.4) is 0 Å². The highest BCUT2D eigenvalue weighted by atomic mass is 16.5. The number of methoxy groups -OCH3 is 1. The van der Waals surface area contributed by atoms with Crippen molar-refractivity contribution in [3.63, 3.8) is 0 Å². The number of phenols is 1. The van der Waals surface area contributed by atoms with Crippen LogP contribution in [-0.2, 0) is 24.0 Å². The zero-order valence-corrected chi connectivity index (χ0v) is 24.8. The molecule has 2 N–H and O–H groups in total. The van der Waals surface area contributed by atoms with E-state index in [2.05, 4.69) is 0 Å². The number of hydrogen-bond donors (Lipinski definition) is 2. The number of nitrogens with zero attached hydrogens (tertiary/aromatic N) is 2. The van der Waals surface area contributed by atoms with Crippen LogP contribution in [0.4, 0.5) is 5.69 Å². The van der Waals surface area contributed by atoms with Crippen molar-refractivity contribution in [3.8, 4) is 11.5 Å². The number of carboxylic acids is 1. The maximum Gasteiger partial charge on any atom is 0.303 e. The molecule has 2 aliphatic heterocycles. The van der Waals surface area contributed by atoms with E-state index >= 15 is 0 Å². The highest BCUT2D eigenvalue weighted by Crippen LogP contribution is 2.64. The first-order chi connectivity index (χ1) is 21.1. The topological polar surface area (TPSA) is 142 Å². The number of carbonyl (C=O) groups excluding carboxylic acids is 4. The van der Waals surface area contributed by atoms with Crippen molar-refractivity contribution in [3.05, 3.63) is 65.7 Å². The van der Waals surface area contributed by atoms with E-state index in [9.17, 15) is 29.1 Å². The molecule has 0 radical (unpaired) electrons. The fourth-order valence-corrected chi connectivity index (χ4v) is 8.13. The lowest BCUT2D eigenvalue weighted by molar-refractivity contribution is -0.141. The molecule has 230 valence electrons. The van der Waals surface area contributed by atoms with Gasteiger partial charge < -0.3 is 14.9 Å². The number of carbonyl (C=O) groups is 5. The van der Waals surface area contributed by atoms with E-state index in [4.69, 9.17) is 9.84 Å². The summed E-state index contributed by atoms with van der Waals surface area (Å²) in [4.78, 5) is 69.5. The van der Waals surface area contributed by atoms with E-state index in [1.165, 1.54) is 29.0 Å². The number of ether oxygens (including phenoxy) is 1. The average Bonchev–Trinajstić information content (AvgIpc) is 3.36. The summed E-state index contributed by atoms with van der Waals surface area (Å²) in [6.07, 6.45) is 4.17. The number of hydrogen-bond acceptors (Lipinski definition) is 7. The third-order valence-electron chi connectivity index (χ3n) is 10.2. The second kappa shape index (κ2) is 11.2. The molecule has 2 heterocycles. The van der Waals surface area contributed by atoms with Gasteiger partial charge in [0, 0.05) is 30.5 Å². The molecule has 0 aromatic heterocycles. The lowest BCUT2D eigenvalue weighted by Crippen LogP contribution is -2.49. The number of unbranched alkanes of at least 4 members (excludes halogenated alkanes) is 2. The molecule has 6 atom stereocenters. The fourth-order valence-electron chi connectivity index (χ4n) is 8.13. The van der Waals surface area contributed by atoms with Crippen LogP contribution in [0, 0.1) is 29.1 Å². The first kappa shape index (κ1) is 29.6. The van der Waals surface area contributed by atoms with E-state index in [-0.39, 0.29) is 48.8 Å². The van der Waals surface area contributed by atoms with Gasteiger partial charge in [0.25, 0.3) is 0 Å². The number of allylic oxidation sites excluding steroid dienone is 2. The van der Waals surface area contributed by atoms with Crippen LogP contribution in [0.1, 0.15) is 56.9 Å². The fraction of sp³-hybridized carbons (Fsp3) is 0.441. The number of para-hydroxylation sites is 1. The van der Waals surface area contributed by atoms with Crippen molar-refractivity contribution >= 4 is 35.3 Å². The Morgan fingerprint density at radius 3 is 2.43 bits per heavy atom. The van der Waals surface area contributed by atoms with Crippen molar-refractivity contribution in [1.82, 2.24) is 4.90 Å². The largest absolute Gasteiger partial charge is 0.508 e. The second-order valence-corrected chi connectivity index (χ2v) is 12.5. The van der Waals surface area contributed by atoms with Crippen molar-refractivity contribution < 1.29 is 38.9 Å². The number of anilines is 1. The summed E-state index contributed by atoms with van der Waals surface area (Å²) >= 11 is 0. The first-order valence-corrected chi connectivity index (χ1v) is 15.2. The summed E-state index contributed by atoms with van der Waals surface area (Å²) in [5.41, 5.74) is 0.748. The number of amides is 4. The third-order valence-corrected chi connectivity index (χ3v) is 10.2. The summed E-state index contributed by atoms with van der Waals surface area (Å²) in [5, 5.41) is 19.2. The van der Waals surface area contributed by atoms with Gasteiger partial charge in [-0.1, -0.05) is 42.3 Å². The Morgan fingerprint density at radius 2 is 1.73 bits per heavy atom. The summed E-state index contributed by atoms with van der Waals surface area (Å²) in [6, 6.07) is 13.5. The molecule has 2 aliphatic carbocycles. The number of benzene rings is 2. The van der Waals surface area contributed by atoms with Gasteiger partial charge in [-0.25, -0.2) is 4.90 Å². The standard InChI is InChI=1S/C34H36N2O8/c1-34-25(31(41)36(33(34)43)19-9-5-3-6-10-19)18-24-21(29(34)22-13-12-20(37)17-26(22)44-2)14-15-23-28(24)32(42)35(30(23)40)16-8-4-7-11-27(38)39/h3,5-6,9-10,12-14,17,23-25,28-29,37H,4,7-8,11,15-16,18H2,1-2H3,(H,38,39)/t23-,24+,25-,28-,29+,34+/m0/s1. The number of aromatic hydroxyl groups is 1. The van der Waals surface area contributed by atoms with Crippen LogP contribution in [0.5, 0.6) is 11.5 Å². The Hall–Kier alpha value is -4.47. The van der Waals surface area contributed by atoms with Gasteiger partial charge in [-0.3, -0.25) is 28.9 Å². The van der Waals surface area contributed by atoms with Gasteiger partial charge in [0.15, 0.2) is 0 Å². The Labute approximate surface area is 255 Å². The lowest BCUT2D eigenvalue weighted by Gasteiger charge is -2.49. The van der Waals surface area contributed by atoms with Gasteiger partial charge in [0.2, 0.25) is 23.6 Å². The van der Waals surface area contributed by atoms with E-state index in [1.807, 2.05) is 19.1 Å². The number of imide groups is 2. The predicted molar refractivity (Wildman–Crippen MR) is 159 cm³/mol. The molecule has 4 amide bonds. The zero-order chi connectivity index (χ0) is 31.3. The Balaban J connectivity index is 1.40. The molecule has 2 saturated heterocycles. The zero-order valence-electron chi connectivity index (χ0n) is 24.8. The molecular weight excluding hydrogens is 564 g/mol. The summed E-state index contributed by atoms with van der Waals surface area (Å²) in [5.74, 6) is -4.75. The van der Waals surface area contributed by atoms with Crippen LogP contribution >= 0.6 is 0 Å². The number of likely N-dealkylation sites (tertiary alicyclic amines) is 1. The molecule has 6 rings (SSSR count). The molecular formula is C34H36N2O8. The van der Waals surface area contributed by atoms with Crippen LogP contribution in [0.2, 0.25) is 0 Å². The quantitative estimate of drug-likeness (QED) is 0.247. The van der Waals surface area contributed by atoms with Gasteiger partial charge in [-0.15, -0.1) is 0 Å². The minimum Gasteiger partial charge on any atom is -0.508 e.